The maximum atomic E-state index is 10.9. The molecule has 1 saturated heterocycles. The molecular weight excluding hydrogens is 200 g/mol. The Labute approximate surface area is 74.1 Å². The van der Waals surface area contributed by atoms with Crippen molar-refractivity contribution < 1.29 is 28.2 Å². The zero-order valence-corrected chi connectivity index (χ0v) is 7.32. The molecule has 1 heterocycles. The maximum Gasteiger partial charge on any atom is 0.308 e. The highest BCUT2D eigenvalue weighted by Gasteiger charge is 2.45. The predicted molar refractivity (Wildman–Crippen MR) is 40.9 cm³/mol. The van der Waals surface area contributed by atoms with Crippen molar-refractivity contribution in [1.82, 2.24) is 0 Å². The number of hydrogen-bond donors (Lipinski definition) is 2. The topological polar surface area (TPSA) is 109 Å². The quantitative estimate of drug-likeness (QED) is 0.591. The Bertz CT molecular complexity index is 314. The molecule has 13 heavy (non-hydrogen) atoms. The van der Waals surface area contributed by atoms with Crippen molar-refractivity contribution in [1.29, 1.82) is 0 Å². The van der Waals surface area contributed by atoms with Gasteiger partial charge in [0, 0.05) is 0 Å². The summed E-state index contributed by atoms with van der Waals surface area (Å²) in [4.78, 5) is 21.0. The molecule has 0 aromatic heterocycles. The molecule has 1 aliphatic rings. The summed E-state index contributed by atoms with van der Waals surface area (Å²) in [5.41, 5.74) is 0. The molecule has 0 saturated carbocycles. The van der Waals surface area contributed by atoms with Crippen molar-refractivity contribution in [3.63, 3.8) is 0 Å². The summed E-state index contributed by atoms with van der Waals surface area (Å²) in [7, 11) is -3.50. The second-order valence-corrected chi connectivity index (χ2v) is 5.12. The van der Waals surface area contributed by atoms with Gasteiger partial charge in [0.05, 0.1) is 23.3 Å². The lowest BCUT2D eigenvalue weighted by molar-refractivity contribution is -0.151. The highest BCUT2D eigenvalue weighted by atomic mass is 32.2. The third-order valence-corrected chi connectivity index (χ3v) is 3.72. The van der Waals surface area contributed by atoms with Crippen LogP contribution in [0.25, 0.3) is 0 Å². The third kappa shape index (κ3) is 1.97. The van der Waals surface area contributed by atoms with Crippen molar-refractivity contribution in [2.75, 3.05) is 11.5 Å². The lowest BCUT2D eigenvalue weighted by Gasteiger charge is -2.06. The van der Waals surface area contributed by atoms with E-state index in [1.54, 1.807) is 0 Å². The molecule has 6 nitrogen and oxygen atoms in total. The highest BCUT2D eigenvalue weighted by Crippen LogP contribution is 2.25. The van der Waals surface area contributed by atoms with Crippen LogP contribution >= 0.6 is 0 Å². The van der Waals surface area contributed by atoms with Crippen molar-refractivity contribution in [3.05, 3.63) is 0 Å². The standard InChI is InChI=1S/C6H8O6S/c7-5(8)3-1-13(11,12)2-4(3)6(9)10/h3-4H,1-2H2,(H,7,8)(H,9,10)/t3-,4+. The summed E-state index contributed by atoms with van der Waals surface area (Å²) in [5, 5.41) is 17.1. The SMILES string of the molecule is O=C(O)[C@H]1CS(=O)(=O)C[C@H]1C(=O)O. The molecule has 2 N–H and O–H groups in total. The summed E-state index contributed by atoms with van der Waals surface area (Å²) >= 11 is 0. The molecule has 0 amide bonds. The van der Waals surface area contributed by atoms with Crippen LogP contribution in [0.5, 0.6) is 0 Å². The fourth-order valence-electron chi connectivity index (χ4n) is 1.33. The zero-order valence-electron chi connectivity index (χ0n) is 6.50. The molecule has 1 aliphatic heterocycles. The van der Waals surface area contributed by atoms with Crippen LogP contribution in [-0.4, -0.2) is 42.1 Å². The summed E-state index contributed by atoms with van der Waals surface area (Å²) in [6.45, 7) is 0. The fourth-order valence-corrected chi connectivity index (χ4v) is 3.31. The highest BCUT2D eigenvalue weighted by molar-refractivity contribution is 7.91. The molecule has 0 bridgehead atoms. The first-order chi connectivity index (χ1) is 5.83. The van der Waals surface area contributed by atoms with Gasteiger partial charge in [-0.1, -0.05) is 0 Å². The van der Waals surface area contributed by atoms with E-state index in [9.17, 15) is 18.0 Å². The van der Waals surface area contributed by atoms with E-state index in [4.69, 9.17) is 10.2 Å². The minimum Gasteiger partial charge on any atom is -0.481 e. The number of sulfone groups is 1. The van der Waals surface area contributed by atoms with Gasteiger partial charge in [-0.2, -0.15) is 0 Å². The van der Waals surface area contributed by atoms with E-state index in [1.165, 1.54) is 0 Å². The van der Waals surface area contributed by atoms with Crippen molar-refractivity contribution in [2.45, 2.75) is 0 Å². The monoisotopic (exact) mass is 208 g/mol. The second kappa shape index (κ2) is 2.99. The Morgan fingerprint density at radius 1 is 1.00 bits per heavy atom. The Kier molecular flexibility index (Phi) is 2.29. The van der Waals surface area contributed by atoms with Gasteiger partial charge in [0.25, 0.3) is 0 Å². The summed E-state index contributed by atoms with van der Waals surface area (Å²) in [6.07, 6.45) is 0. The van der Waals surface area contributed by atoms with E-state index in [-0.39, 0.29) is 0 Å². The van der Waals surface area contributed by atoms with E-state index < -0.39 is 45.1 Å². The number of hydrogen-bond acceptors (Lipinski definition) is 4. The van der Waals surface area contributed by atoms with Gasteiger partial charge in [0.15, 0.2) is 9.84 Å². The summed E-state index contributed by atoms with van der Waals surface area (Å²) in [6, 6.07) is 0. The lowest BCUT2D eigenvalue weighted by atomic mass is 9.97. The molecule has 7 heteroatoms. The van der Waals surface area contributed by atoms with Gasteiger partial charge in [-0.05, 0) is 0 Å². The molecule has 74 valence electrons. The minimum absolute atomic E-state index is 0.570. The average Bonchev–Trinajstić information content (AvgIpc) is 2.26. The van der Waals surface area contributed by atoms with Gasteiger partial charge in [0.1, 0.15) is 0 Å². The van der Waals surface area contributed by atoms with Gasteiger partial charge >= 0.3 is 11.9 Å². The number of rotatable bonds is 2. The normalized spacial score (nSPS) is 31.4. The molecule has 0 unspecified atom stereocenters. The molecule has 0 aromatic rings. The van der Waals surface area contributed by atoms with Crippen LogP contribution in [0.3, 0.4) is 0 Å². The molecule has 0 aliphatic carbocycles. The fraction of sp³-hybridized carbons (Fsp3) is 0.667. The number of carbonyl (C=O) groups is 2. The summed E-state index contributed by atoms with van der Waals surface area (Å²) < 4.78 is 21.9. The van der Waals surface area contributed by atoms with Crippen LogP contribution in [0.4, 0.5) is 0 Å². The molecule has 0 radical (unpaired) electrons. The van der Waals surface area contributed by atoms with Crippen LogP contribution < -0.4 is 0 Å². The van der Waals surface area contributed by atoms with Crippen LogP contribution in [-0.2, 0) is 19.4 Å². The Balaban J connectivity index is 2.97. The van der Waals surface area contributed by atoms with Crippen LogP contribution in [0.2, 0.25) is 0 Å². The van der Waals surface area contributed by atoms with Gasteiger partial charge in [-0.15, -0.1) is 0 Å². The Morgan fingerprint density at radius 2 is 1.31 bits per heavy atom. The summed E-state index contributed by atoms with van der Waals surface area (Å²) in [5.74, 6) is -6.48. The van der Waals surface area contributed by atoms with Gasteiger partial charge in [-0.25, -0.2) is 8.42 Å². The van der Waals surface area contributed by atoms with E-state index >= 15 is 0 Å². The maximum absolute atomic E-state index is 10.9. The van der Waals surface area contributed by atoms with E-state index in [0.29, 0.717) is 0 Å². The average molecular weight is 208 g/mol. The van der Waals surface area contributed by atoms with Gasteiger partial charge in [0.2, 0.25) is 0 Å². The predicted octanol–water partition coefficient (Wildman–Crippen LogP) is -1.18. The van der Waals surface area contributed by atoms with E-state index in [2.05, 4.69) is 0 Å². The number of aliphatic carboxylic acids is 2. The van der Waals surface area contributed by atoms with Crippen LogP contribution in [0, 0.1) is 11.8 Å². The molecule has 1 fully saturated rings. The van der Waals surface area contributed by atoms with Gasteiger partial charge in [-0.3, -0.25) is 9.59 Å². The Hall–Kier alpha value is -1.11. The van der Waals surface area contributed by atoms with Crippen LogP contribution in [0.15, 0.2) is 0 Å². The van der Waals surface area contributed by atoms with E-state index in [1.807, 2.05) is 0 Å². The van der Waals surface area contributed by atoms with Gasteiger partial charge < -0.3 is 10.2 Å². The third-order valence-electron chi connectivity index (χ3n) is 1.99. The van der Waals surface area contributed by atoms with E-state index in [0.717, 1.165) is 0 Å². The smallest absolute Gasteiger partial charge is 0.308 e. The van der Waals surface area contributed by atoms with Crippen molar-refractivity contribution in [3.8, 4) is 0 Å². The molecule has 1 rings (SSSR count). The minimum atomic E-state index is -3.50. The lowest BCUT2D eigenvalue weighted by Crippen LogP contribution is -2.28. The second-order valence-electron chi connectivity index (χ2n) is 2.97. The van der Waals surface area contributed by atoms with Crippen molar-refractivity contribution >= 4 is 21.8 Å². The Morgan fingerprint density at radius 3 is 1.54 bits per heavy atom. The number of carboxylic acids is 2. The van der Waals surface area contributed by atoms with Crippen molar-refractivity contribution in [2.24, 2.45) is 11.8 Å². The molecule has 2 atom stereocenters. The number of carboxylic acid groups (broad SMARTS) is 2. The molecular formula is C6H8O6S. The molecule has 0 aromatic carbocycles. The first-order valence-corrected chi connectivity index (χ1v) is 5.31. The molecule has 0 spiro atoms. The first kappa shape index (κ1) is 9.97. The largest absolute Gasteiger partial charge is 0.481 e. The zero-order chi connectivity index (χ0) is 10.2. The first-order valence-electron chi connectivity index (χ1n) is 3.49. The van der Waals surface area contributed by atoms with Crippen LogP contribution in [0.1, 0.15) is 0 Å².